The molecule has 3 fully saturated rings. The molecule has 2 aliphatic heterocycles. The SMILES string of the molecule is NC(=O)[C@H](C[C@@H]1CCNC1=O)NC(=O)[C@@H]1CC2(CCN1)CC2. The van der Waals surface area contributed by atoms with Crippen molar-refractivity contribution in [2.45, 2.75) is 50.6 Å². The molecule has 3 rings (SSSR count). The summed E-state index contributed by atoms with van der Waals surface area (Å²) in [5, 5.41) is 8.69. The third kappa shape index (κ3) is 3.24. The number of carbonyl (C=O) groups is 3. The highest BCUT2D eigenvalue weighted by molar-refractivity contribution is 5.90. The lowest BCUT2D eigenvalue weighted by Gasteiger charge is -2.30. The Morgan fingerprint density at radius 2 is 2.09 bits per heavy atom. The maximum absolute atomic E-state index is 12.4. The van der Waals surface area contributed by atoms with Crippen molar-refractivity contribution in [1.29, 1.82) is 0 Å². The summed E-state index contributed by atoms with van der Waals surface area (Å²) < 4.78 is 0. The first-order valence-electron chi connectivity index (χ1n) is 8.10. The smallest absolute Gasteiger partial charge is 0.240 e. The molecule has 1 saturated carbocycles. The Morgan fingerprint density at radius 3 is 2.68 bits per heavy atom. The fraction of sp³-hybridized carbons (Fsp3) is 0.800. The molecule has 2 saturated heterocycles. The summed E-state index contributed by atoms with van der Waals surface area (Å²) in [6.45, 7) is 1.46. The van der Waals surface area contributed by atoms with Gasteiger partial charge >= 0.3 is 0 Å². The normalized spacial score (nSPS) is 30.6. The van der Waals surface area contributed by atoms with Gasteiger partial charge in [-0.2, -0.15) is 0 Å². The molecule has 0 aromatic carbocycles. The van der Waals surface area contributed by atoms with Gasteiger partial charge < -0.3 is 21.7 Å². The third-order valence-corrected chi connectivity index (χ3v) is 5.30. The first-order chi connectivity index (χ1) is 10.5. The molecule has 0 radical (unpaired) electrons. The molecule has 3 amide bonds. The zero-order valence-electron chi connectivity index (χ0n) is 12.7. The number of primary amides is 1. The minimum absolute atomic E-state index is 0.0618. The number of nitrogens with two attached hydrogens (primary N) is 1. The lowest BCUT2D eigenvalue weighted by Crippen LogP contribution is -2.54. The molecule has 7 nitrogen and oxygen atoms in total. The summed E-state index contributed by atoms with van der Waals surface area (Å²) >= 11 is 0. The molecular formula is C15H24N4O3. The van der Waals surface area contributed by atoms with Crippen LogP contribution in [0.2, 0.25) is 0 Å². The van der Waals surface area contributed by atoms with E-state index in [4.69, 9.17) is 5.73 Å². The van der Waals surface area contributed by atoms with E-state index in [1.807, 2.05) is 0 Å². The largest absolute Gasteiger partial charge is 0.368 e. The summed E-state index contributed by atoms with van der Waals surface area (Å²) in [5.74, 6) is -1.06. The summed E-state index contributed by atoms with van der Waals surface area (Å²) in [7, 11) is 0. The van der Waals surface area contributed by atoms with E-state index in [-0.39, 0.29) is 30.2 Å². The number of hydrogen-bond acceptors (Lipinski definition) is 4. The molecule has 22 heavy (non-hydrogen) atoms. The maximum Gasteiger partial charge on any atom is 0.240 e. The lowest BCUT2D eigenvalue weighted by molar-refractivity contribution is -0.130. The van der Waals surface area contributed by atoms with E-state index in [9.17, 15) is 14.4 Å². The van der Waals surface area contributed by atoms with Crippen molar-refractivity contribution in [3.63, 3.8) is 0 Å². The van der Waals surface area contributed by atoms with Crippen LogP contribution in [0.3, 0.4) is 0 Å². The van der Waals surface area contributed by atoms with Crippen LogP contribution in [0.4, 0.5) is 0 Å². The van der Waals surface area contributed by atoms with Gasteiger partial charge in [-0.05, 0) is 50.5 Å². The molecule has 2 heterocycles. The average Bonchev–Trinajstić information content (AvgIpc) is 3.10. The van der Waals surface area contributed by atoms with Crippen molar-refractivity contribution < 1.29 is 14.4 Å². The Balaban J connectivity index is 1.57. The van der Waals surface area contributed by atoms with E-state index in [2.05, 4.69) is 16.0 Å². The van der Waals surface area contributed by atoms with Crippen molar-refractivity contribution in [2.24, 2.45) is 17.1 Å². The lowest BCUT2D eigenvalue weighted by atomic mass is 9.89. The molecule has 122 valence electrons. The van der Waals surface area contributed by atoms with Gasteiger partial charge in [0.25, 0.3) is 0 Å². The number of carbonyl (C=O) groups excluding carboxylic acids is 3. The van der Waals surface area contributed by atoms with Crippen LogP contribution in [0.5, 0.6) is 0 Å². The highest BCUT2D eigenvalue weighted by Crippen LogP contribution is 2.53. The maximum atomic E-state index is 12.4. The second-order valence-corrected chi connectivity index (χ2v) is 6.94. The molecular weight excluding hydrogens is 284 g/mol. The van der Waals surface area contributed by atoms with Crippen molar-refractivity contribution in [1.82, 2.24) is 16.0 Å². The van der Waals surface area contributed by atoms with Crippen LogP contribution < -0.4 is 21.7 Å². The molecule has 7 heteroatoms. The second kappa shape index (κ2) is 5.87. The fourth-order valence-electron chi connectivity index (χ4n) is 3.61. The van der Waals surface area contributed by atoms with Crippen LogP contribution in [0.1, 0.15) is 38.5 Å². The van der Waals surface area contributed by atoms with Gasteiger partial charge in [0.1, 0.15) is 6.04 Å². The monoisotopic (exact) mass is 308 g/mol. The predicted octanol–water partition coefficient (Wildman–Crippen LogP) is -0.985. The molecule has 3 aliphatic rings. The molecule has 1 spiro atoms. The Bertz CT molecular complexity index is 489. The van der Waals surface area contributed by atoms with Gasteiger partial charge in [-0.1, -0.05) is 0 Å². The Labute approximate surface area is 129 Å². The standard InChI is InChI=1S/C15H24N4O3/c16-12(20)10(7-9-1-5-18-13(9)21)19-14(22)11-8-15(2-3-15)4-6-17-11/h9-11,17H,1-8H2,(H2,16,20)(H,18,21)(H,19,22)/t9-,10-,11-/m0/s1. The van der Waals surface area contributed by atoms with Gasteiger partial charge in [0.2, 0.25) is 17.7 Å². The molecule has 3 atom stereocenters. The Morgan fingerprint density at radius 1 is 1.32 bits per heavy atom. The Hall–Kier alpha value is -1.63. The van der Waals surface area contributed by atoms with Gasteiger partial charge in [0, 0.05) is 12.5 Å². The van der Waals surface area contributed by atoms with Gasteiger partial charge in [0.05, 0.1) is 6.04 Å². The average molecular weight is 308 g/mol. The van der Waals surface area contributed by atoms with Crippen molar-refractivity contribution in [3.8, 4) is 0 Å². The molecule has 0 aromatic rings. The van der Waals surface area contributed by atoms with E-state index in [1.165, 1.54) is 12.8 Å². The highest BCUT2D eigenvalue weighted by Gasteiger charge is 2.47. The first-order valence-corrected chi connectivity index (χ1v) is 8.10. The molecule has 1 aliphatic carbocycles. The molecule has 0 bridgehead atoms. The zero-order valence-corrected chi connectivity index (χ0v) is 12.7. The second-order valence-electron chi connectivity index (χ2n) is 6.94. The number of nitrogens with one attached hydrogen (secondary N) is 3. The van der Waals surface area contributed by atoms with Crippen LogP contribution in [0, 0.1) is 11.3 Å². The summed E-state index contributed by atoms with van der Waals surface area (Å²) in [4.78, 5) is 35.6. The van der Waals surface area contributed by atoms with Crippen LogP contribution in [-0.2, 0) is 14.4 Å². The number of amides is 3. The quantitative estimate of drug-likeness (QED) is 0.522. The van der Waals surface area contributed by atoms with E-state index < -0.39 is 11.9 Å². The van der Waals surface area contributed by atoms with E-state index in [0.29, 0.717) is 18.4 Å². The van der Waals surface area contributed by atoms with Gasteiger partial charge in [-0.25, -0.2) is 0 Å². The van der Waals surface area contributed by atoms with Gasteiger partial charge in [-0.3, -0.25) is 14.4 Å². The minimum atomic E-state index is -0.778. The third-order valence-electron chi connectivity index (χ3n) is 5.30. The summed E-state index contributed by atoms with van der Waals surface area (Å²) in [6, 6.07) is -1.03. The molecule has 0 aromatic heterocycles. The van der Waals surface area contributed by atoms with E-state index in [1.54, 1.807) is 0 Å². The van der Waals surface area contributed by atoms with Crippen LogP contribution in [0.15, 0.2) is 0 Å². The van der Waals surface area contributed by atoms with Crippen molar-refractivity contribution >= 4 is 17.7 Å². The highest BCUT2D eigenvalue weighted by atomic mass is 16.2. The summed E-state index contributed by atoms with van der Waals surface area (Å²) in [6.07, 6.45) is 5.31. The van der Waals surface area contributed by atoms with Crippen LogP contribution in [0.25, 0.3) is 0 Å². The molecule has 5 N–H and O–H groups in total. The summed E-state index contributed by atoms with van der Waals surface area (Å²) in [5.41, 5.74) is 5.75. The number of hydrogen-bond donors (Lipinski definition) is 4. The predicted molar refractivity (Wildman–Crippen MR) is 79.6 cm³/mol. The number of rotatable bonds is 5. The minimum Gasteiger partial charge on any atom is -0.368 e. The fourth-order valence-corrected chi connectivity index (χ4v) is 3.61. The van der Waals surface area contributed by atoms with Crippen molar-refractivity contribution in [2.75, 3.05) is 13.1 Å². The van der Waals surface area contributed by atoms with Crippen LogP contribution in [-0.4, -0.2) is 42.9 Å². The Kier molecular flexibility index (Phi) is 4.08. The topological polar surface area (TPSA) is 113 Å². The number of piperidine rings is 1. The van der Waals surface area contributed by atoms with E-state index in [0.717, 1.165) is 19.4 Å². The van der Waals surface area contributed by atoms with Crippen molar-refractivity contribution in [3.05, 3.63) is 0 Å². The van der Waals surface area contributed by atoms with Gasteiger partial charge in [-0.15, -0.1) is 0 Å². The zero-order chi connectivity index (χ0) is 15.7. The van der Waals surface area contributed by atoms with Gasteiger partial charge in [0.15, 0.2) is 0 Å². The first kappa shape index (κ1) is 15.3. The van der Waals surface area contributed by atoms with Crippen LogP contribution >= 0.6 is 0 Å². The van der Waals surface area contributed by atoms with E-state index >= 15 is 0 Å². The molecule has 0 unspecified atom stereocenters.